The minimum atomic E-state index is -3.43. The molecule has 6 nitrogen and oxygen atoms in total. The van der Waals surface area contributed by atoms with Crippen molar-refractivity contribution >= 4 is 10.0 Å². The van der Waals surface area contributed by atoms with E-state index in [9.17, 15) is 8.42 Å². The Kier molecular flexibility index (Phi) is 3.15. The van der Waals surface area contributed by atoms with Crippen LogP contribution in [0.5, 0.6) is 0 Å². The van der Waals surface area contributed by atoms with E-state index in [0.29, 0.717) is 19.1 Å². The van der Waals surface area contributed by atoms with Crippen LogP contribution in [0.25, 0.3) is 0 Å². The number of sulfonamides is 1. The molecule has 0 bridgehead atoms. The highest BCUT2D eigenvalue weighted by Crippen LogP contribution is 2.25. The molecule has 0 radical (unpaired) electrons. The van der Waals surface area contributed by atoms with Crippen LogP contribution < -0.4 is 0 Å². The minimum absolute atomic E-state index is 0.180. The molecule has 3 heterocycles. The molecule has 2 aliphatic heterocycles. The second-order valence-electron chi connectivity index (χ2n) is 5.43. The van der Waals surface area contributed by atoms with Crippen LogP contribution in [0.15, 0.2) is 11.2 Å². The van der Waals surface area contributed by atoms with Crippen molar-refractivity contribution in [2.24, 2.45) is 7.05 Å². The van der Waals surface area contributed by atoms with E-state index in [1.807, 2.05) is 14.0 Å². The summed E-state index contributed by atoms with van der Waals surface area (Å²) in [6.45, 7) is 4.96. The lowest BCUT2D eigenvalue weighted by Gasteiger charge is -2.36. The minimum Gasteiger partial charge on any atom is -0.337 e. The van der Waals surface area contributed by atoms with Gasteiger partial charge in [-0.25, -0.2) is 13.4 Å². The van der Waals surface area contributed by atoms with Crippen LogP contribution in [-0.4, -0.2) is 59.4 Å². The normalized spacial score (nSPS) is 25.7. The average Bonchev–Trinajstić information content (AvgIpc) is 2.96. The van der Waals surface area contributed by atoms with E-state index >= 15 is 0 Å². The Bertz CT molecular complexity index is 561. The van der Waals surface area contributed by atoms with Crippen LogP contribution in [0.4, 0.5) is 0 Å². The number of hydrogen-bond acceptors (Lipinski definition) is 4. The number of nitrogens with zero attached hydrogens (tertiary/aromatic N) is 4. The fourth-order valence-corrected chi connectivity index (χ4v) is 4.46. The predicted molar refractivity (Wildman–Crippen MR) is 71.3 cm³/mol. The van der Waals surface area contributed by atoms with Crippen molar-refractivity contribution in [3.63, 3.8) is 0 Å². The number of piperazine rings is 1. The molecule has 0 amide bonds. The number of imidazole rings is 1. The van der Waals surface area contributed by atoms with E-state index in [1.54, 1.807) is 15.1 Å². The predicted octanol–water partition coefficient (Wildman–Crippen LogP) is 0.197. The van der Waals surface area contributed by atoms with Crippen molar-refractivity contribution in [3.05, 3.63) is 12.0 Å². The van der Waals surface area contributed by atoms with Gasteiger partial charge >= 0.3 is 0 Å². The summed E-state index contributed by atoms with van der Waals surface area (Å²) in [7, 11) is -1.61. The molecule has 0 spiro atoms. The van der Waals surface area contributed by atoms with Gasteiger partial charge in [0.1, 0.15) is 5.82 Å². The van der Waals surface area contributed by atoms with Crippen LogP contribution in [0.2, 0.25) is 0 Å². The second-order valence-corrected chi connectivity index (χ2v) is 7.32. The molecular weight excluding hydrogens is 264 g/mol. The topological polar surface area (TPSA) is 58.4 Å². The number of aryl methyl sites for hydroxylation is 2. The summed E-state index contributed by atoms with van der Waals surface area (Å²) in [5.41, 5.74) is 0. The maximum atomic E-state index is 12.6. The van der Waals surface area contributed by atoms with Gasteiger partial charge in [0.25, 0.3) is 10.0 Å². The number of aromatic nitrogens is 2. The zero-order valence-corrected chi connectivity index (χ0v) is 12.2. The molecule has 7 heteroatoms. The third-order valence-electron chi connectivity index (χ3n) is 4.24. The fraction of sp³-hybridized carbons (Fsp3) is 0.750. The van der Waals surface area contributed by atoms with Gasteiger partial charge in [0, 0.05) is 38.9 Å². The molecule has 1 aromatic rings. The van der Waals surface area contributed by atoms with Gasteiger partial charge < -0.3 is 4.57 Å². The van der Waals surface area contributed by atoms with Crippen LogP contribution in [0, 0.1) is 6.92 Å². The summed E-state index contributed by atoms with van der Waals surface area (Å²) in [4.78, 5) is 6.56. The molecule has 19 heavy (non-hydrogen) atoms. The van der Waals surface area contributed by atoms with Crippen LogP contribution in [-0.2, 0) is 17.1 Å². The van der Waals surface area contributed by atoms with Crippen molar-refractivity contribution in [3.8, 4) is 0 Å². The highest BCUT2D eigenvalue weighted by Gasteiger charge is 2.37. The first kappa shape index (κ1) is 13.1. The average molecular weight is 284 g/mol. The van der Waals surface area contributed by atoms with Crippen molar-refractivity contribution in [1.82, 2.24) is 18.8 Å². The molecule has 0 N–H and O–H groups in total. The molecule has 3 rings (SSSR count). The van der Waals surface area contributed by atoms with E-state index in [-0.39, 0.29) is 5.03 Å². The lowest BCUT2D eigenvalue weighted by atomic mass is 10.2. The van der Waals surface area contributed by atoms with Crippen molar-refractivity contribution in [2.45, 2.75) is 30.8 Å². The Hall–Kier alpha value is -0.920. The van der Waals surface area contributed by atoms with E-state index in [0.717, 1.165) is 25.3 Å². The summed E-state index contributed by atoms with van der Waals surface area (Å²) in [5.74, 6) is 0.720. The summed E-state index contributed by atoms with van der Waals surface area (Å²) in [5, 5.41) is 0.180. The monoisotopic (exact) mass is 284 g/mol. The van der Waals surface area contributed by atoms with Gasteiger partial charge in [0.15, 0.2) is 5.03 Å². The molecule has 0 aromatic carbocycles. The summed E-state index contributed by atoms with van der Waals surface area (Å²) < 4.78 is 28.5. The molecule has 0 saturated carbocycles. The van der Waals surface area contributed by atoms with Gasteiger partial charge in [0.2, 0.25) is 0 Å². The molecule has 1 atom stereocenters. The van der Waals surface area contributed by atoms with E-state index in [2.05, 4.69) is 9.88 Å². The highest BCUT2D eigenvalue weighted by atomic mass is 32.2. The maximum absolute atomic E-state index is 12.6. The van der Waals surface area contributed by atoms with E-state index in [1.165, 1.54) is 6.42 Å². The molecule has 2 fully saturated rings. The van der Waals surface area contributed by atoms with Gasteiger partial charge in [-0.15, -0.1) is 0 Å². The van der Waals surface area contributed by atoms with Crippen LogP contribution in [0.1, 0.15) is 18.7 Å². The third-order valence-corrected chi connectivity index (χ3v) is 5.98. The fourth-order valence-electron chi connectivity index (χ4n) is 2.96. The molecule has 2 saturated heterocycles. The summed E-state index contributed by atoms with van der Waals surface area (Å²) in [6.07, 6.45) is 3.89. The van der Waals surface area contributed by atoms with Crippen molar-refractivity contribution in [2.75, 3.05) is 26.2 Å². The Morgan fingerprint density at radius 1 is 1.32 bits per heavy atom. The van der Waals surface area contributed by atoms with Gasteiger partial charge in [-0.3, -0.25) is 4.90 Å². The summed E-state index contributed by atoms with van der Waals surface area (Å²) >= 11 is 0. The van der Waals surface area contributed by atoms with Gasteiger partial charge in [-0.05, 0) is 26.3 Å². The van der Waals surface area contributed by atoms with Gasteiger partial charge in [-0.1, -0.05) is 0 Å². The quantitative estimate of drug-likeness (QED) is 0.778. The largest absolute Gasteiger partial charge is 0.337 e. The zero-order valence-electron chi connectivity index (χ0n) is 11.4. The van der Waals surface area contributed by atoms with Crippen molar-refractivity contribution in [1.29, 1.82) is 0 Å². The lowest BCUT2D eigenvalue weighted by molar-refractivity contribution is 0.158. The third kappa shape index (κ3) is 2.19. The van der Waals surface area contributed by atoms with Gasteiger partial charge in [0.05, 0.1) is 0 Å². The molecule has 1 unspecified atom stereocenters. The molecule has 1 aromatic heterocycles. The Labute approximate surface area is 114 Å². The lowest BCUT2D eigenvalue weighted by Crippen LogP contribution is -2.51. The number of fused-ring (bicyclic) bond motifs is 1. The number of rotatable bonds is 2. The number of hydrogen-bond donors (Lipinski definition) is 0. The molecule has 106 valence electrons. The SMILES string of the molecule is Cc1nc(S(=O)(=O)N2CCN3CCCC3C2)cn1C. The zero-order chi connectivity index (χ0) is 13.6. The second kappa shape index (κ2) is 4.57. The molecule has 2 aliphatic rings. The first-order chi connectivity index (χ1) is 8.98. The first-order valence-electron chi connectivity index (χ1n) is 6.72. The molecule has 0 aliphatic carbocycles. The smallest absolute Gasteiger partial charge is 0.262 e. The first-order valence-corrected chi connectivity index (χ1v) is 8.16. The van der Waals surface area contributed by atoms with Gasteiger partial charge in [-0.2, -0.15) is 4.31 Å². The Morgan fingerprint density at radius 3 is 2.79 bits per heavy atom. The Morgan fingerprint density at radius 2 is 2.11 bits per heavy atom. The van der Waals surface area contributed by atoms with E-state index < -0.39 is 10.0 Å². The maximum Gasteiger partial charge on any atom is 0.262 e. The van der Waals surface area contributed by atoms with Crippen LogP contribution >= 0.6 is 0 Å². The Balaban J connectivity index is 1.84. The standard InChI is InChI=1S/C12H20N4O2S/c1-10-13-12(9-14(10)2)19(17,18)16-7-6-15-5-3-4-11(15)8-16/h9,11H,3-8H2,1-2H3. The van der Waals surface area contributed by atoms with Crippen molar-refractivity contribution < 1.29 is 8.42 Å². The van der Waals surface area contributed by atoms with Crippen LogP contribution in [0.3, 0.4) is 0 Å². The highest BCUT2D eigenvalue weighted by molar-refractivity contribution is 7.89. The van der Waals surface area contributed by atoms with E-state index in [4.69, 9.17) is 0 Å². The summed E-state index contributed by atoms with van der Waals surface area (Å²) in [6, 6.07) is 0.397. The molecular formula is C12H20N4O2S.